The summed E-state index contributed by atoms with van der Waals surface area (Å²) >= 11 is 7.59. The molecule has 4 rings (SSSR count). The van der Waals surface area contributed by atoms with Gasteiger partial charge in [0.1, 0.15) is 0 Å². The Morgan fingerprint density at radius 1 is 1.07 bits per heavy atom. The summed E-state index contributed by atoms with van der Waals surface area (Å²) in [6, 6.07) is 16.0. The van der Waals surface area contributed by atoms with Crippen molar-refractivity contribution in [2.45, 2.75) is 6.92 Å². The minimum absolute atomic E-state index is 0.712. The molecular formula is C21H18ClN5S. The van der Waals surface area contributed by atoms with Gasteiger partial charge in [0, 0.05) is 41.1 Å². The number of imidazole rings is 1. The van der Waals surface area contributed by atoms with E-state index in [0.717, 1.165) is 33.0 Å². The normalized spacial score (nSPS) is 12.5. The lowest BCUT2D eigenvalue weighted by Gasteiger charge is -2.07. The van der Waals surface area contributed by atoms with Crippen LogP contribution in [-0.4, -0.2) is 27.0 Å². The number of halogens is 1. The van der Waals surface area contributed by atoms with Crippen LogP contribution in [0.15, 0.2) is 82.7 Å². The lowest BCUT2D eigenvalue weighted by molar-refractivity contribution is 0.842. The highest BCUT2D eigenvalue weighted by Gasteiger charge is 2.09. The number of aromatic nitrogens is 3. The first kappa shape index (κ1) is 18.4. The van der Waals surface area contributed by atoms with E-state index in [1.807, 2.05) is 46.6 Å². The second-order valence-corrected chi connectivity index (χ2v) is 7.42. The van der Waals surface area contributed by atoms with Gasteiger partial charge in [0.15, 0.2) is 0 Å². The summed E-state index contributed by atoms with van der Waals surface area (Å²) in [5.41, 5.74) is 5.04. The van der Waals surface area contributed by atoms with Gasteiger partial charge in [-0.15, -0.1) is 11.3 Å². The maximum Gasteiger partial charge on any atom is 0.205 e. The first-order valence-electron chi connectivity index (χ1n) is 8.69. The Bertz CT molecular complexity index is 1170. The molecule has 140 valence electrons. The first-order valence-corrected chi connectivity index (χ1v) is 9.95. The van der Waals surface area contributed by atoms with Crippen molar-refractivity contribution in [3.05, 3.63) is 88.0 Å². The standard InChI is InChI=1S/C21H18ClN5S/c1-15(16-5-9-19(10-6-16)26-12-11-24-14-26)25-27-20(13-28-21(27)23-2)17-3-7-18(22)8-4-17/h3-14H,1-2H3. The third-order valence-electron chi connectivity index (χ3n) is 4.35. The fraction of sp³-hybridized carbons (Fsp3) is 0.0952. The Balaban J connectivity index is 1.72. The van der Waals surface area contributed by atoms with Crippen LogP contribution in [0, 0.1) is 0 Å². The summed E-state index contributed by atoms with van der Waals surface area (Å²) in [6.07, 6.45) is 5.47. The van der Waals surface area contributed by atoms with Crippen LogP contribution in [0.3, 0.4) is 0 Å². The Hall–Kier alpha value is -2.96. The van der Waals surface area contributed by atoms with Gasteiger partial charge in [-0.25, -0.2) is 9.66 Å². The summed E-state index contributed by atoms with van der Waals surface area (Å²) in [7, 11) is 1.78. The van der Waals surface area contributed by atoms with Crippen LogP contribution in [0.2, 0.25) is 5.02 Å². The van der Waals surface area contributed by atoms with E-state index >= 15 is 0 Å². The van der Waals surface area contributed by atoms with E-state index in [0.29, 0.717) is 5.02 Å². The summed E-state index contributed by atoms with van der Waals surface area (Å²) < 4.78 is 3.85. The van der Waals surface area contributed by atoms with Crippen LogP contribution in [0.25, 0.3) is 16.9 Å². The zero-order chi connectivity index (χ0) is 19.5. The van der Waals surface area contributed by atoms with E-state index < -0.39 is 0 Å². The maximum absolute atomic E-state index is 6.03. The van der Waals surface area contributed by atoms with Gasteiger partial charge in [-0.3, -0.25) is 4.99 Å². The molecule has 0 N–H and O–H groups in total. The van der Waals surface area contributed by atoms with Gasteiger partial charge in [0.2, 0.25) is 4.80 Å². The van der Waals surface area contributed by atoms with E-state index in [2.05, 4.69) is 39.6 Å². The molecule has 0 aliphatic heterocycles. The van der Waals surface area contributed by atoms with Gasteiger partial charge in [-0.2, -0.15) is 5.10 Å². The van der Waals surface area contributed by atoms with E-state index in [1.54, 1.807) is 30.9 Å². The van der Waals surface area contributed by atoms with Crippen LogP contribution in [0.4, 0.5) is 0 Å². The van der Waals surface area contributed by atoms with Crippen LogP contribution >= 0.6 is 22.9 Å². The topological polar surface area (TPSA) is 47.5 Å². The molecule has 28 heavy (non-hydrogen) atoms. The van der Waals surface area contributed by atoms with Crippen molar-refractivity contribution in [3.8, 4) is 16.9 Å². The highest BCUT2D eigenvalue weighted by atomic mass is 35.5. The number of hydrogen-bond donors (Lipinski definition) is 0. The minimum Gasteiger partial charge on any atom is -0.306 e. The van der Waals surface area contributed by atoms with Crippen molar-refractivity contribution in [2.24, 2.45) is 10.1 Å². The molecule has 0 saturated heterocycles. The molecule has 0 atom stereocenters. The SMILES string of the molecule is CN=c1scc(-c2ccc(Cl)cc2)n1N=C(C)c1ccc(-n2ccnc2)cc1. The van der Waals surface area contributed by atoms with Gasteiger partial charge in [-0.1, -0.05) is 35.9 Å². The Labute approximate surface area is 171 Å². The minimum atomic E-state index is 0.712. The molecule has 7 heteroatoms. The van der Waals surface area contributed by atoms with Crippen molar-refractivity contribution in [1.82, 2.24) is 14.2 Å². The molecule has 2 aromatic heterocycles. The van der Waals surface area contributed by atoms with Gasteiger partial charge in [-0.05, 0) is 36.8 Å². The first-order chi connectivity index (χ1) is 13.7. The summed E-state index contributed by atoms with van der Waals surface area (Å²) in [5.74, 6) is 0. The lowest BCUT2D eigenvalue weighted by atomic mass is 10.1. The second kappa shape index (κ2) is 7.96. The van der Waals surface area contributed by atoms with Crippen molar-refractivity contribution < 1.29 is 0 Å². The summed E-state index contributed by atoms with van der Waals surface area (Å²) in [5, 5.41) is 7.62. The highest BCUT2D eigenvalue weighted by Crippen LogP contribution is 2.22. The molecule has 2 aromatic carbocycles. The molecule has 0 aliphatic rings. The lowest BCUT2D eigenvalue weighted by Crippen LogP contribution is -2.13. The number of thiazole rings is 1. The molecule has 5 nitrogen and oxygen atoms in total. The van der Waals surface area contributed by atoms with Crippen molar-refractivity contribution >= 4 is 28.6 Å². The van der Waals surface area contributed by atoms with Crippen molar-refractivity contribution in [1.29, 1.82) is 0 Å². The van der Waals surface area contributed by atoms with Gasteiger partial charge in [0.25, 0.3) is 0 Å². The largest absolute Gasteiger partial charge is 0.306 e. The molecule has 0 saturated carbocycles. The number of hydrogen-bond acceptors (Lipinski definition) is 4. The number of benzene rings is 2. The van der Waals surface area contributed by atoms with Crippen LogP contribution in [-0.2, 0) is 0 Å². The molecule has 0 fully saturated rings. The molecule has 2 heterocycles. The van der Waals surface area contributed by atoms with E-state index in [-0.39, 0.29) is 0 Å². The van der Waals surface area contributed by atoms with Crippen LogP contribution < -0.4 is 4.80 Å². The molecule has 0 bridgehead atoms. The van der Waals surface area contributed by atoms with Crippen LogP contribution in [0.1, 0.15) is 12.5 Å². The summed E-state index contributed by atoms with van der Waals surface area (Å²) in [6.45, 7) is 2.00. The average molecular weight is 408 g/mol. The second-order valence-electron chi connectivity index (χ2n) is 6.15. The van der Waals surface area contributed by atoms with E-state index in [9.17, 15) is 0 Å². The van der Waals surface area contributed by atoms with Gasteiger partial charge >= 0.3 is 0 Å². The smallest absolute Gasteiger partial charge is 0.205 e. The molecule has 0 aliphatic carbocycles. The van der Waals surface area contributed by atoms with Crippen LogP contribution in [0.5, 0.6) is 0 Å². The fourth-order valence-corrected chi connectivity index (χ4v) is 3.78. The predicted molar refractivity (Wildman–Crippen MR) is 115 cm³/mol. The Kier molecular flexibility index (Phi) is 5.23. The average Bonchev–Trinajstić information content (AvgIpc) is 3.39. The molecule has 0 unspecified atom stereocenters. The number of rotatable bonds is 4. The van der Waals surface area contributed by atoms with E-state index in [4.69, 9.17) is 16.7 Å². The molecule has 4 aromatic rings. The number of nitrogens with zero attached hydrogens (tertiary/aromatic N) is 5. The Morgan fingerprint density at radius 3 is 2.46 bits per heavy atom. The van der Waals surface area contributed by atoms with E-state index in [1.165, 1.54) is 0 Å². The molecule has 0 radical (unpaired) electrons. The molecule has 0 amide bonds. The van der Waals surface area contributed by atoms with Crippen molar-refractivity contribution in [3.63, 3.8) is 0 Å². The zero-order valence-corrected chi connectivity index (χ0v) is 17.0. The predicted octanol–water partition coefficient (Wildman–Crippen LogP) is 4.86. The fourth-order valence-electron chi connectivity index (χ4n) is 2.86. The zero-order valence-electron chi connectivity index (χ0n) is 15.5. The maximum atomic E-state index is 6.03. The van der Waals surface area contributed by atoms with Crippen molar-refractivity contribution in [2.75, 3.05) is 7.05 Å². The summed E-state index contributed by atoms with van der Waals surface area (Å²) in [4.78, 5) is 9.29. The monoisotopic (exact) mass is 407 g/mol. The third kappa shape index (κ3) is 3.69. The van der Waals surface area contributed by atoms with Gasteiger partial charge < -0.3 is 4.57 Å². The third-order valence-corrected chi connectivity index (χ3v) is 5.51. The molecular weight excluding hydrogens is 390 g/mol. The Morgan fingerprint density at radius 2 is 1.82 bits per heavy atom. The quantitative estimate of drug-likeness (QED) is 0.446. The highest BCUT2D eigenvalue weighted by molar-refractivity contribution is 7.07. The van der Waals surface area contributed by atoms with Gasteiger partial charge in [0.05, 0.1) is 17.7 Å². The molecule has 0 spiro atoms.